The Labute approximate surface area is 188 Å². The van der Waals surface area contributed by atoms with Gasteiger partial charge in [-0.2, -0.15) is 0 Å². The number of carbonyl (C=O) groups excluding carboxylic acids is 2. The quantitative estimate of drug-likeness (QED) is 0.247. The summed E-state index contributed by atoms with van der Waals surface area (Å²) in [7, 11) is 0. The zero-order valence-electron chi connectivity index (χ0n) is 17.5. The van der Waals surface area contributed by atoms with Crippen molar-refractivity contribution in [3.05, 3.63) is 83.8 Å². The van der Waals surface area contributed by atoms with Crippen molar-refractivity contribution in [2.45, 2.75) is 24.3 Å². The van der Waals surface area contributed by atoms with Gasteiger partial charge in [0.05, 0.1) is 11.8 Å². The van der Waals surface area contributed by atoms with E-state index in [0.29, 0.717) is 28.0 Å². The molecule has 2 aromatic heterocycles. The molecule has 3 N–H and O–H groups in total. The Morgan fingerprint density at radius 3 is 2.56 bits per heavy atom. The van der Waals surface area contributed by atoms with E-state index in [2.05, 4.69) is 15.5 Å². The molecule has 0 aliphatic carbocycles. The molecule has 0 aliphatic heterocycles. The number of benzene rings is 2. The number of nitrogen functional groups attached to an aromatic ring is 1. The number of nitrogens with zero attached hydrogens (tertiary/aromatic N) is 3. The van der Waals surface area contributed by atoms with Crippen LogP contribution in [0.3, 0.4) is 0 Å². The van der Waals surface area contributed by atoms with Crippen LogP contribution in [0.2, 0.25) is 0 Å². The van der Waals surface area contributed by atoms with Crippen molar-refractivity contribution in [3.8, 4) is 11.4 Å². The van der Waals surface area contributed by atoms with Crippen LogP contribution >= 0.6 is 11.8 Å². The van der Waals surface area contributed by atoms with E-state index in [0.717, 1.165) is 11.1 Å². The predicted octanol–water partition coefficient (Wildman–Crippen LogP) is 4.24. The molecule has 4 rings (SSSR count). The van der Waals surface area contributed by atoms with Crippen LogP contribution in [0.1, 0.15) is 33.9 Å². The summed E-state index contributed by atoms with van der Waals surface area (Å²) in [5, 5.41) is 11.0. The minimum Gasteiger partial charge on any atom is -0.469 e. The number of aromatic nitrogens is 3. The maximum atomic E-state index is 13.3. The number of nitrogens with two attached hydrogens (primary N) is 1. The summed E-state index contributed by atoms with van der Waals surface area (Å²) in [6, 6.07) is 17.9. The number of hydrogen-bond donors (Lipinski definition) is 2. The number of amides is 1. The third-order valence-corrected chi connectivity index (χ3v) is 6.08. The lowest BCUT2D eigenvalue weighted by Gasteiger charge is -2.16. The number of hydrogen-bond acceptors (Lipinski definition) is 7. The number of anilines is 1. The Balaban J connectivity index is 1.63. The fourth-order valence-corrected chi connectivity index (χ4v) is 4.15. The average Bonchev–Trinajstić information content (AvgIpc) is 3.37. The number of carbonyl (C=O) groups is 2. The zero-order chi connectivity index (χ0) is 22.7. The third kappa shape index (κ3) is 4.42. The van der Waals surface area contributed by atoms with E-state index in [9.17, 15) is 9.59 Å². The fourth-order valence-electron chi connectivity index (χ4n) is 3.19. The molecule has 0 spiro atoms. The number of aryl methyl sites for hydroxylation is 1. The first-order valence-electron chi connectivity index (χ1n) is 9.82. The molecule has 8 nitrogen and oxygen atoms in total. The number of nitrogens with one attached hydrogen (secondary N) is 1. The SMILES string of the molecule is CC(=O)c1cccc(NC(=O)C(Sc2nnc(-c3ccoc3C)n2N)c2ccccc2)c1. The first-order chi connectivity index (χ1) is 15.4. The molecule has 162 valence electrons. The van der Waals surface area contributed by atoms with Crippen molar-refractivity contribution in [3.63, 3.8) is 0 Å². The third-order valence-electron chi connectivity index (χ3n) is 4.86. The predicted molar refractivity (Wildman–Crippen MR) is 123 cm³/mol. The molecular weight excluding hydrogens is 426 g/mol. The van der Waals surface area contributed by atoms with Crippen molar-refractivity contribution in [2.24, 2.45) is 0 Å². The zero-order valence-corrected chi connectivity index (χ0v) is 18.3. The molecule has 1 atom stereocenters. The van der Waals surface area contributed by atoms with Crippen molar-refractivity contribution in [1.29, 1.82) is 0 Å². The normalized spacial score (nSPS) is 11.8. The maximum Gasteiger partial charge on any atom is 0.242 e. The largest absolute Gasteiger partial charge is 0.469 e. The molecule has 0 fully saturated rings. The van der Waals surface area contributed by atoms with Gasteiger partial charge in [-0.05, 0) is 37.6 Å². The van der Waals surface area contributed by atoms with Gasteiger partial charge in [-0.25, -0.2) is 4.68 Å². The summed E-state index contributed by atoms with van der Waals surface area (Å²) in [5.41, 5.74) is 2.57. The fraction of sp³-hybridized carbons (Fsp3) is 0.130. The molecule has 0 saturated heterocycles. The van der Waals surface area contributed by atoms with Gasteiger partial charge in [-0.3, -0.25) is 9.59 Å². The molecular formula is C23H21N5O3S. The van der Waals surface area contributed by atoms with E-state index in [1.165, 1.54) is 23.4 Å². The highest BCUT2D eigenvalue weighted by Crippen LogP contribution is 2.36. The Hall–Kier alpha value is -3.85. The molecule has 9 heteroatoms. The smallest absolute Gasteiger partial charge is 0.242 e. The van der Waals surface area contributed by atoms with Gasteiger partial charge in [0.2, 0.25) is 11.1 Å². The second-order valence-corrected chi connectivity index (χ2v) is 8.17. The Bertz CT molecular complexity index is 1270. The Kier molecular flexibility index (Phi) is 6.09. The van der Waals surface area contributed by atoms with Crippen molar-refractivity contribution >= 4 is 29.1 Å². The number of ketones is 1. The molecule has 1 unspecified atom stereocenters. The minimum absolute atomic E-state index is 0.0756. The van der Waals surface area contributed by atoms with E-state index in [4.69, 9.17) is 10.3 Å². The first kappa shape index (κ1) is 21.4. The van der Waals surface area contributed by atoms with Crippen LogP contribution in [0, 0.1) is 6.92 Å². The second kappa shape index (κ2) is 9.11. The van der Waals surface area contributed by atoms with Crippen LogP contribution in [0.15, 0.2) is 76.5 Å². The van der Waals surface area contributed by atoms with Gasteiger partial charge in [-0.15, -0.1) is 10.2 Å². The van der Waals surface area contributed by atoms with Crippen molar-refractivity contribution in [1.82, 2.24) is 14.9 Å². The molecule has 4 aromatic rings. The summed E-state index contributed by atoms with van der Waals surface area (Å²) in [6.07, 6.45) is 1.56. The second-order valence-electron chi connectivity index (χ2n) is 7.10. The minimum atomic E-state index is -0.651. The van der Waals surface area contributed by atoms with E-state index >= 15 is 0 Å². The van der Waals surface area contributed by atoms with Gasteiger partial charge in [0.25, 0.3) is 0 Å². The number of thioether (sulfide) groups is 1. The molecule has 2 aromatic carbocycles. The molecule has 32 heavy (non-hydrogen) atoms. The molecule has 0 bridgehead atoms. The Morgan fingerprint density at radius 2 is 1.88 bits per heavy atom. The van der Waals surface area contributed by atoms with Crippen LogP contribution in [0.4, 0.5) is 5.69 Å². The summed E-state index contributed by atoms with van der Waals surface area (Å²) < 4.78 is 6.68. The highest BCUT2D eigenvalue weighted by Gasteiger charge is 2.26. The van der Waals surface area contributed by atoms with Gasteiger partial charge in [-0.1, -0.05) is 54.2 Å². The van der Waals surface area contributed by atoms with E-state index < -0.39 is 5.25 Å². The van der Waals surface area contributed by atoms with E-state index in [-0.39, 0.29) is 11.7 Å². The van der Waals surface area contributed by atoms with Crippen LogP contribution in [0.5, 0.6) is 0 Å². The topological polar surface area (TPSA) is 116 Å². The van der Waals surface area contributed by atoms with Gasteiger partial charge < -0.3 is 15.6 Å². The van der Waals surface area contributed by atoms with Crippen LogP contribution in [-0.4, -0.2) is 26.6 Å². The molecule has 0 saturated carbocycles. The van der Waals surface area contributed by atoms with Gasteiger partial charge >= 0.3 is 0 Å². The van der Waals surface area contributed by atoms with Crippen molar-refractivity contribution in [2.75, 3.05) is 11.2 Å². The van der Waals surface area contributed by atoms with Crippen molar-refractivity contribution < 1.29 is 14.0 Å². The van der Waals surface area contributed by atoms with E-state index in [1.807, 2.05) is 37.3 Å². The summed E-state index contributed by atoms with van der Waals surface area (Å²) >= 11 is 1.19. The summed E-state index contributed by atoms with van der Waals surface area (Å²) in [6.45, 7) is 3.29. The lowest BCUT2D eigenvalue weighted by molar-refractivity contribution is -0.115. The highest BCUT2D eigenvalue weighted by molar-refractivity contribution is 8.00. The number of Topliss-reactive ketones (excluding diaryl/α,β-unsaturated/α-hetero) is 1. The van der Waals surface area contributed by atoms with Crippen LogP contribution < -0.4 is 11.2 Å². The first-order valence-corrected chi connectivity index (χ1v) is 10.7. The van der Waals surface area contributed by atoms with Gasteiger partial charge in [0.15, 0.2) is 11.6 Å². The number of furan rings is 1. The maximum absolute atomic E-state index is 13.3. The number of rotatable bonds is 7. The molecule has 1 amide bonds. The van der Waals surface area contributed by atoms with Gasteiger partial charge in [0, 0.05) is 11.3 Å². The Morgan fingerprint density at radius 1 is 1.09 bits per heavy atom. The highest BCUT2D eigenvalue weighted by atomic mass is 32.2. The van der Waals surface area contributed by atoms with Gasteiger partial charge in [0.1, 0.15) is 11.0 Å². The lowest BCUT2D eigenvalue weighted by atomic mass is 10.1. The molecule has 0 aliphatic rings. The summed E-state index contributed by atoms with van der Waals surface area (Å²) in [4.78, 5) is 25.0. The lowest BCUT2D eigenvalue weighted by Crippen LogP contribution is -2.20. The molecule has 2 heterocycles. The summed E-state index contributed by atoms with van der Waals surface area (Å²) in [5.74, 6) is 7.02. The van der Waals surface area contributed by atoms with Crippen LogP contribution in [0.25, 0.3) is 11.4 Å². The molecule has 0 radical (unpaired) electrons. The monoisotopic (exact) mass is 447 g/mol. The average molecular weight is 448 g/mol. The standard InChI is InChI=1S/C23H21N5O3S/c1-14(29)17-9-6-10-18(13-17)25-22(30)20(16-7-4-3-5-8-16)32-23-27-26-21(28(23)24)19-11-12-31-15(19)2/h3-13,20H,24H2,1-2H3,(H,25,30). The van der Waals surface area contributed by atoms with E-state index in [1.54, 1.807) is 36.6 Å². The van der Waals surface area contributed by atoms with Crippen LogP contribution in [-0.2, 0) is 4.79 Å².